The first-order chi connectivity index (χ1) is 9.22. The summed E-state index contributed by atoms with van der Waals surface area (Å²) in [7, 11) is 1.59. The number of hydrogen-bond donors (Lipinski definition) is 1. The lowest BCUT2D eigenvalue weighted by molar-refractivity contribution is 0.182. The number of ether oxygens (including phenoxy) is 1. The van der Waals surface area contributed by atoms with Crippen LogP contribution in [-0.4, -0.2) is 30.0 Å². The van der Waals surface area contributed by atoms with Gasteiger partial charge in [0.1, 0.15) is 5.02 Å². The van der Waals surface area contributed by atoms with Gasteiger partial charge >= 0.3 is 0 Å². The molecule has 0 atom stereocenters. The van der Waals surface area contributed by atoms with Crippen LogP contribution in [0.1, 0.15) is 25.7 Å². The van der Waals surface area contributed by atoms with Gasteiger partial charge in [-0.3, -0.25) is 4.79 Å². The maximum Gasteiger partial charge on any atom is 0.287 e. The smallest absolute Gasteiger partial charge is 0.287 e. The average molecular weight is 286 g/mol. The van der Waals surface area contributed by atoms with E-state index in [1.807, 2.05) is 0 Å². The molecular weight excluding hydrogens is 266 g/mol. The van der Waals surface area contributed by atoms with Crippen LogP contribution in [0.3, 0.4) is 0 Å². The van der Waals surface area contributed by atoms with E-state index in [0.29, 0.717) is 24.8 Å². The number of methoxy groups -OCH3 is 1. The standard InChI is InChI=1S/C13H20ClN3O2/c1-19-7-6-17-13(18)12(14)11(9-16-17)15-8-10-4-2-3-5-10/h9-10,15H,2-8H2,1H3. The summed E-state index contributed by atoms with van der Waals surface area (Å²) in [6.07, 6.45) is 6.73. The fourth-order valence-electron chi connectivity index (χ4n) is 2.39. The van der Waals surface area contributed by atoms with Gasteiger partial charge in [-0.05, 0) is 18.8 Å². The summed E-state index contributed by atoms with van der Waals surface area (Å²) in [4.78, 5) is 12.0. The van der Waals surface area contributed by atoms with Crippen molar-refractivity contribution in [1.29, 1.82) is 0 Å². The Balaban J connectivity index is 2.01. The van der Waals surface area contributed by atoms with Crippen molar-refractivity contribution in [2.75, 3.05) is 25.6 Å². The molecule has 1 aromatic rings. The molecular formula is C13H20ClN3O2. The van der Waals surface area contributed by atoms with Crippen molar-refractivity contribution in [3.8, 4) is 0 Å². The molecule has 5 nitrogen and oxygen atoms in total. The Morgan fingerprint density at radius 2 is 2.26 bits per heavy atom. The SMILES string of the molecule is COCCn1ncc(NCC2CCCC2)c(Cl)c1=O. The van der Waals surface area contributed by atoms with Crippen LogP contribution in [0.2, 0.25) is 5.02 Å². The first kappa shape index (κ1) is 14.3. The topological polar surface area (TPSA) is 56.1 Å². The van der Waals surface area contributed by atoms with E-state index in [0.717, 1.165) is 6.54 Å². The summed E-state index contributed by atoms with van der Waals surface area (Å²) in [6.45, 7) is 1.72. The highest BCUT2D eigenvalue weighted by Crippen LogP contribution is 2.25. The van der Waals surface area contributed by atoms with Crippen LogP contribution in [-0.2, 0) is 11.3 Å². The van der Waals surface area contributed by atoms with Crippen molar-refractivity contribution in [3.63, 3.8) is 0 Å². The predicted molar refractivity (Wildman–Crippen MR) is 75.8 cm³/mol. The molecule has 1 aromatic heterocycles. The van der Waals surface area contributed by atoms with Crippen LogP contribution < -0.4 is 10.9 Å². The Hall–Kier alpha value is -1.07. The summed E-state index contributed by atoms with van der Waals surface area (Å²) in [5.41, 5.74) is 0.363. The minimum absolute atomic E-state index is 0.212. The second kappa shape index (κ2) is 6.91. The van der Waals surface area contributed by atoms with Crippen LogP contribution in [0.5, 0.6) is 0 Å². The molecule has 0 saturated heterocycles. The number of anilines is 1. The van der Waals surface area contributed by atoms with Gasteiger partial charge in [0.05, 0.1) is 25.0 Å². The van der Waals surface area contributed by atoms with Crippen molar-refractivity contribution in [1.82, 2.24) is 9.78 Å². The van der Waals surface area contributed by atoms with Gasteiger partial charge in [0.25, 0.3) is 5.56 Å². The molecule has 1 saturated carbocycles. The highest BCUT2D eigenvalue weighted by molar-refractivity contribution is 6.32. The average Bonchev–Trinajstić information content (AvgIpc) is 2.92. The van der Waals surface area contributed by atoms with E-state index >= 15 is 0 Å². The molecule has 1 fully saturated rings. The van der Waals surface area contributed by atoms with Gasteiger partial charge in [-0.25, -0.2) is 4.68 Å². The maximum atomic E-state index is 12.0. The monoisotopic (exact) mass is 285 g/mol. The Labute approximate surface area is 117 Å². The molecule has 0 bridgehead atoms. The Morgan fingerprint density at radius 1 is 1.53 bits per heavy atom. The van der Waals surface area contributed by atoms with E-state index in [1.54, 1.807) is 13.3 Å². The second-order valence-corrected chi connectivity index (χ2v) is 5.30. The minimum atomic E-state index is -0.268. The van der Waals surface area contributed by atoms with Gasteiger partial charge in [0.2, 0.25) is 0 Å². The third-order valence-electron chi connectivity index (χ3n) is 3.55. The fourth-order valence-corrected chi connectivity index (χ4v) is 2.61. The molecule has 1 aliphatic carbocycles. The lowest BCUT2D eigenvalue weighted by Gasteiger charge is -2.13. The van der Waals surface area contributed by atoms with Crippen LogP contribution in [0, 0.1) is 5.92 Å². The van der Waals surface area contributed by atoms with Crippen LogP contribution >= 0.6 is 11.6 Å². The Morgan fingerprint density at radius 3 is 2.95 bits per heavy atom. The van der Waals surface area contributed by atoms with E-state index in [9.17, 15) is 4.79 Å². The van der Waals surface area contributed by atoms with Crippen LogP contribution in [0.4, 0.5) is 5.69 Å². The van der Waals surface area contributed by atoms with Gasteiger partial charge < -0.3 is 10.1 Å². The zero-order valence-electron chi connectivity index (χ0n) is 11.2. The maximum absolute atomic E-state index is 12.0. The van der Waals surface area contributed by atoms with E-state index < -0.39 is 0 Å². The zero-order valence-corrected chi connectivity index (χ0v) is 11.9. The summed E-state index contributed by atoms with van der Waals surface area (Å²) < 4.78 is 6.25. The predicted octanol–water partition coefficient (Wildman–Crippen LogP) is 2.15. The number of aromatic nitrogens is 2. The second-order valence-electron chi connectivity index (χ2n) is 4.92. The number of nitrogens with zero attached hydrogens (tertiary/aromatic N) is 2. The number of rotatable bonds is 6. The lowest BCUT2D eigenvalue weighted by Crippen LogP contribution is -2.26. The highest BCUT2D eigenvalue weighted by Gasteiger charge is 2.16. The van der Waals surface area contributed by atoms with E-state index in [1.165, 1.54) is 30.4 Å². The summed E-state index contributed by atoms with van der Waals surface area (Å²) >= 11 is 6.09. The van der Waals surface area contributed by atoms with Crippen molar-refractivity contribution < 1.29 is 4.74 Å². The molecule has 6 heteroatoms. The van der Waals surface area contributed by atoms with Crippen LogP contribution in [0.25, 0.3) is 0 Å². The number of hydrogen-bond acceptors (Lipinski definition) is 4. The number of nitrogens with one attached hydrogen (secondary N) is 1. The van der Waals surface area contributed by atoms with Crippen molar-refractivity contribution >= 4 is 17.3 Å². The molecule has 2 rings (SSSR count). The summed E-state index contributed by atoms with van der Waals surface area (Å²) in [6, 6.07) is 0. The van der Waals surface area contributed by atoms with Crippen molar-refractivity contribution in [2.24, 2.45) is 5.92 Å². The Kier molecular flexibility index (Phi) is 5.22. The molecule has 1 N–H and O–H groups in total. The normalized spacial score (nSPS) is 15.9. The number of halogens is 1. The minimum Gasteiger partial charge on any atom is -0.383 e. The first-order valence-corrected chi connectivity index (χ1v) is 7.08. The van der Waals surface area contributed by atoms with Gasteiger partial charge in [0.15, 0.2) is 0 Å². The van der Waals surface area contributed by atoms with Crippen molar-refractivity contribution in [3.05, 3.63) is 21.6 Å². The van der Waals surface area contributed by atoms with Gasteiger partial charge in [-0.2, -0.15) is 5.10 Å². The largest absolute Gasteiger partial charge is 0.383 e. The van der Waals surface area contributed by atoms with Gasteiger partial charge in [0, 0.05) is 13.7 Å². The molecule has 19 heavy (non-hydrogen) atoms. The van der Waals surface area contributed by atoms with E-state index in [4.69, 9.17) is 16.3 Å². The molecule has 0 aliphatic heterocycles. The summed E-state index contributed by atoms with van der Waals surface area (Å²) in [5, 5.41) is 7.55. The fraction of sp³-hybridized carbons (Fsp3) is 0.692. The zero-order chi connectivity index (χ0) is 13.7. The summed E-state index contributed by atoms with van der Waals surface area (Å²) in [5.74, 6) is 0.687. The quantitative estimate of drug-likeness (QED) is 0.870. The van der Waals surface area contributed by atoms with Crippen molar-refractivity contribution in [2.45, 2.75) is 32.2 Å². The van der Waals surface area contributed by atoms with Gasteiger partial charge in [-0.1, -0.05) is 24.4 Å². The third-order valence-corrected chi connectivity index (χ3v) is 3.91. The molecule has 0 amide bonds. The van der Waals surface area contributed by atoms with Gasteiger partial charge in [-0.15, -0.1) is 0 Å². The lowest BCUT2D eigenvalue weighted by atomic mass is 10.1. The highest BCUT2D eigenvalue weighted by atomic mass is 35.5. The molecule has 0 aromatic carbocycles. The third kappa shape index (κ3) is 3.70. The molecule has 106 valence electrons. The molecule has 0 radical (unpaired) electrons. The molecule has 0 unspecified atom stereocenters. The van der Waals surface area contributed by atoms with E-state index in [-0.39, 0.29) is 10.6 Å². The molecule has 1 aliphatic rings. The molecule has 0 spiro atoms. The first-order valence-electron chi connectivity index (χ1n) is 6.71. The van der Waals surface area contributed by atoms with Crippen LogP contribution in [0.15, 0.2) is 11.0 Å². The van der Waals surface area contributed by atoms with E-state index in [2.05, 4.69) is 10.4 Å². The Bertz CT molecular complexity index is 469. The molecule has 1 heterocycles.